The van der Waals surface area contributed by atoms with Crippen LogP contribution in [-0.4, -0.2) is 31.6 Å². The largest absolute Gasteiger partial charge is 0.346 e. The fraction of sp³-hybridized carbons (Fsp3) is 0.208. The molecule has 9 heteroatoms. The molecule has 0 atom stereocenters. The minimum atomic E-state index is -0.254. The Morgan fingerprint density at radius 3 is 2.64 bits per heavy atom. The maximum atomic E-state index is 12.6. The number of hydrogen-bond donors (Lipinski definition) is 2. The number of hydrogen-bond acceptors (Lipinski definition) is 6. The van der Waals surface area contributed by atoms with E-state index in [0.717, 1.165) is 23.5 Å². The summed E-state index contributed by atoms with van der Waals surface area (Å²) in [6.45, 7) is 0.442. The SMILES string of the molecule is O=C(NCc1nc2c(s1)CCCC2)c1ccc(-n2cc(NC(=O)c3cccnc3)cn2)cc1. The van der Waals surface area contributed by atoms with Crippen molar-refractivity contribution >= 4 is 28.8 Å². The number of carbonyl (C=O) groups is 2. The molecule has 0 bridgehead atoms. The van der Waals surface area contributed by atoms with Gasteiger partial charge in [0, 0.05) is 22.8 Å². The Bertz CT molecular complexity index is 1260. The van der Waals surface area contributed by atoms with E-state index in [0.29, 0.717) is 23.4 Å². The first-order valence-corrected chi connectivity index (χ1v) is 11.6. The van der Waals surface area contributed by atoms with E-state index in [-0.39, 0.29) is 11.8 Å². The summed E-state index contributed by atoms with van der Waals surface area (Å²) in [5.74, 6) is -0.393. The van der Waals surface area contributed by atoms with Crippen LogP contribution in [0.1, 0.15) is 49.1 Å². The van der Waals surface area contributed by atoms with E-state index in [9.17, 15) is 9.59 Å². The molecular formula is C24H22N6O2S. The van der Waals surface area contributed by atoms with Crippen LogP contribution < -0.4 is 10.6 Å². The first-order valence-electron chi connectivity index (χ1n) is 10.8. The summed E-state index contributed by atoms with van der Waals surface area (Å²) in [6.07, 6.45) is 11.0. The van der Waals surface area contributed by atoms with Crippen LogP contribution in [0, 0.1) is 0 Å². The predicted octanol–water partition coefficient (Wildman–Crippen LogP) is 3.78. The van der Waals surface area contributed by atoms with Crippen LogP contribution in [0.15, 0.2) is 61.2 Å². The molecule has 3 heterocycles. The lowest BCUT2D eigenvalue weighted by atomic mass is 10.0. The van der Waals surface area contributed by atoms with Gasteiger partial charge in [0.25, 0.3) is 11.8 Å². The number of thiazole rings is 1. The molecule has 166 valence electrons. The quantitative estimate of drug-likeness (QED) is 0.458. The molecule has 4 aromatic rings. The van der Waals surface area contributed by atoms with Crippen LogP contribution in [0.5, 0.6) is 0 Å². The fourth-order valence-electron chi connectivity index (χ4n) is 3.73. The summed E-state index contributed by atoms with van der Waals surface area (Å²) in [4.78, 5) is 34.8. The van der Waals surface area contributed by atoms with E-state index in [1.54, 1.807) is 58.9 Å². The summed E-state index contributed by atoms with van der Waals surface area (Å²) in [5.41, 5.74) is 3.59. The standard InChI is InChI=1S/C24H22N6O2S/c31-23(26-14-22-29-20-5-1-2-6-21(20)33-22)16-7-9-19(10-8-16)30-15-18(13-27-30)28-24(32)17-4-3-11-25-12-17/h3-4,7-13,15H,1-2,5-6,14H2,(H,26,31)(H,28,32). The van der Waals surface area contributed by atoms with Gasteiger partial charge in [-0.1, -0.05) is 0 Å². The number of amides is 2. The molecule has 0 saturated heterocycles. The minimum Gasteiger partial charge on any atom is -0.346 e. The Labute approximate surface area is 194 Å². The van der Waals surface area contributed by atoms with Gasteiger partial charge in [-0.25, -0.2) is 9.67 Å². The molecule has 33 heavy (non-hydrogen) atoms. The molecule has 0 unspecified atom stereocenters. The lowest BCUT2D eigenvalue weighted by molar-refractivity contribution is 0.0950. The van der Waals surface area contributed by atoms with Gasteiger partial charge in [0.1, 0.15) is 5.01 Å². The first kappa shape index (κ1) is 21.0. The second-order valence-electron chi connectivity index (χ2n) is 7.78. The van der Waals surface area contributed by atoms with Crippen molar-refractivity contribution < 1.29 is 9.59 Å². The number of fused-ring (bicyclic) bond motifs is 1. The molecule has 0 aliphatic heterocycles. The summed E-state index contributed by atoms with van der Waals surface area (Å²) in [6, 6.07) is 10.5. The van der Waals surface area contributed by atoms with Crippen LogP contribution >= 0.6 is 11.3 Å². The molecular weight excluding hydrogens is 436 g/mol. The van der Waals surface area contributed by atoms with Gasteiger partial charge in [-0.2, -0.15) is 5.10 Å². The lowest BCUT2D eigenvalue weighted by Crippen LogP contribution is -2.22. The second kappa shape index (κ2) is 9.33. The van der Waals surface area contributed by atoms with Gasteiger partial charge in [0.05, 0.1) is 41.6 Å². The molecule has 8 nitrogen and oxygen atoms in total. The van der Waals surface area contributed by atoms with E-state index < -0.39 is 0 Å². The number of nitrogens with zero attached hydrogens (tertiary/aromatic N) is 4. The van der Waals surface area contributed by atoms with E-state index in [2.05, 4.69) is 25.7 Å². The van der Waals surface area contributed by atoms with E-state index in [1.807, 2.05) is 12.1 Å². The third kappa shape index (κ3) is 4.83. The number of carbonyl (C=O) groups excluding carboxylic acids is 2. The van der Waals surface area contributed by atoms with Crippen LogP contribution in [0.4, 0.5) is 5.69 Å². The maximum absolute atomic E-state index is 12.6. The number of rotatable bonds is 6. The van der Waals surface area contributed by atoms with Gasteiger partial charge < -0.3 is 10.6 Å². The number of nitrogens with one attached hydrogen (secondary N) is 2. The van der Waals surface area contributed by atoms with Gasteiger partial charge in [0.2, 0.25) is 0 Å². The van der Waals surface area contributed by atoms with E-state index in [4.69, 9.17) is 0 Å². The number of benzene rings is 1. The van der Waals surface area contributed by atoms with Gasteiger partial charge in [-0.15, -0.1) is 11.3 Å². The van der Waals surface area contributed by atoms with Crippen LogP contribution in [0.3, 0.4) is 0 Å². The molecule has 0 saturated carbocycles. The van der Waals surface area contributed by atoms with Crippen molar-refractivity contribution in [2.45, 2.75) is 32.2 Å². The zero-order valence-corrected chi connectivity index (χ0v) is 18.6. The zero-order chi connectivity index (χ0) is 22.6. The molecule has 3 aromatic heterocycles. The monoisotopic (exact) mass is 458 g/mol. The Balaban J connectivity index is 1.19. The first-order chi connectivity index (χ1) is 16.2. The molecule has 1 aromatic carbocycles. The molecule has 0 spiro atoms. The fourth-order valence-corrected chi connectivity index (χ4v) is 4.83. The molecule has 0 radical (unpaired) electrons. The van der Waals surface area contributed by atoms with Crippen molar-refractivity contribution in [3.63, 3.8) is 0 Å². The average Bonchev–Trinajstić information content (AvgIpc) is 3.50. The van der Waals surface area contributed by atoms with Gasteiger partial charge in [-0.3, -0.25) is 14.6 Å². The highest BCUT2D eigenvalue weighted by molar-refractivity contribution is 7.11. The molecule has 5 rings (SSSR count). The lowest BCUT2D eigenvalue weighted by Gasteiger charge is -2.06. The molecule has 1 aliphatic rings. The Morgan fingerprint density at radius 1 is 1.00 bits per heavy atom. The van der Waals surface area contributed by atoms with Crippen molar-refractivity contribution in [2.75, 3.05) is 5.32 Å². The van der Waals surface area contributed by atoms with Crippen molar-refractivity contribution in [3.05, 3.63) is 87.9 Å². The molecule has 2 N–H and O–H groups in total. The maximum Gasteiger partial charge on any atom is 0.257 e. The minimum absolute atomic E-state index is 0.139. The highest BCUT2D eigenvalue weighted by Gasteiger charge is 2.16. The Kier molecular flexibility index (Phi) is 5.95. The highest BCUT2D eigenvalue weighted by Crippen LogP contribution is 2.26. The Morgan fingerprint density at radius 2 is 1.85 bits per heavy atom. The zero-order valence-electron chi connectivity index (χ0n) is 17.8. The van der Waals surface area contributed by atoms with Crippen LogP contribution in [0.25, 0.3) is 5.69 Å². The Hall–Kier alpha value is -3.85. The number of pyridine rings is 1. The topological polar surface area (TPSA) is 102 Å². The number of aryl methyl sites for hydroxylation is 2. The molecule has 1 aliphatic carbocycles. The smallest absolute Gasteiger partial charge is 0.257 e. The highest BCUT2D eigenvalue weighted by atomic mass is 32.1. The van der Waals surface area contributed by atoms with Gasteiger partial charge in [0.15, 0.2) is 0 Å². The van der Waals surface area contributed by atoms with E-state index >= 15 is 0 Å². The third-order valence-electron chi connectivity index (χ3n) is 5.45. The average molecular weight is 459 g/mol. The van der Waals surface area contributed by atoms with Gasteiger partial charge >= 0.3 is 0 Å². The normalized spacial score (nSPS) is 12.7. The summed E-state index contributed by atoms with van der Waals surface area (Å²) in [5, 5.41) is 11.0. The molecule has 2 amide bonds. The molecule has 0 fully saturated rings. The van der Waals surface area contributed by atoms with Crippen molar-refractivity contribution in [1.29, 1.82) is 0 Å². The van der Waals surface area contributed by atoms with Crippen LogP contribution in [0.2, 0.25) is 0 Å². The summed E-state index contributed by atoms with van der Waals surface area (Å²) >= 11 is 1.71. The predicted molar refractivity (Wildman–Crippen MR) is 126 cm³/mol. The van der Waals surface area contributed by atoms with Crippen molar-refractivity contribution in [3.8, 4) is 5.69 Å². The van der Waals surface area contributed by atoms with Crippen LogP contribution in [-0.2, 0) is 19.4 Å². The van der Waals surface area contributed by atoms with E-state index in [1.165, 1.54) is 29.6 Å². The van der Waals surface area contributed by atoms with Crippen molar-refractivity contribution in [2.24, 2.45) is 0 Å². The third-order valence-corrected chi connectivity index (χ3v) is 6.61. The number of anilines is 1. The summed E-state index contributed by atoms with van der Waals surface area (Å²) < 4.78 is 1.64. The van der Waals surface area contributed by atoms with Crippen molar-refractivity contribution in [1.82, 2.24) is 25.1 Å². The second-order valence-corrected chi connectivity index (χ2v) is 8.95. The number of aromatic nitrogens is 4. The summed E-state index contributed by atoms with van der Waals surface area (Å²) in [7, 11) is 0. The van der Waals surface area contributed by atoms with Gasteiger partial charge in [-0.05, 0) is 62.1 Å².